The first-order chi connectivity index (χ1) is 6.96. The van der Waals surface area contributed by atoms with Gasteiger partial charge in [0, 0.05) is 0 Å². The molecule has 0 amide bonds. The van der Waals surface area contributed by atoms with Gasteiger partial charge in [-0.25, -0.2) is 0 Å². The lowest BCUT2D eigenvalue weighted by molar-refractivity contribution is -0.326. The zero-order valence-corrected chi connectivity index (χ0v) is 7.62. The highest BCUT2D eigenvalue weighted by Gasteiger charge is 2.33. The van der Waals surface area contributed by atoms with E-state index in [4.69, 9.17) is 0 Å². The summed E-state index contributed by atoms with van der Waals surface area (Å²) in [5.74, 6) is 0. The van der Waals surface area contributed by atoms with Crippen LogP contribution in [0.15, 0.2) is 18.2 Å². The second kappa shape index (κ2) is 3.11. The van der Waals surface area contributed by atoms with Crippen molar-refractivity contribution in [3.05, 3.63) is 23.8 Å². The molecule has 2 aromatic rings. The molecule has 1 heterocycles. The molecule has 0 radical (unpaired) electrons. The molecule has 0 saturated carbocycles. The molecule has 80 valence electrons. The highest BCUT2D eigenvalue weighted by atomic mass is 19.4. The molecule has 0 saturated heterocycles. The van der Waals surface area contributed by atoms with Crippen molar-refractivity contribution < 1.29 is 18.0 Å². The molecule has 4 nitrogen and oxygen atoms in total. The Morgan fingerprint density at radius 3 is 2.73 bits per heavy atom. The summed E-state index contributed by atoms with van der Waals surface area (Å²) in [6.07, 6.45) is -4.77. The molecule has 0 N–H and O–H groups in total. The van der Waals surface area contributed by atoms with Crippen LogP contribution in [0.2, 0.25) is 0 Å². The highest BCUT2D eigenvalue weighted by Crippen LogP contribution is 2.17. The second-order valence-corrected chi connectivity index (χ2v) is 2.99. The van der Waals surface area contributed by atoms with Crippen molar-refractivity contribution in [2.45, 2.75) is 13.3 Å². The van der Waals surface area contributed by atoms with E-state index in [1.807, 2.05) is 0 Å². The Morgan fingerprint density at radius 1 is 1.33 bits per heavy atom. The zero-order valence-electron chi connectivity index (χ0n) is 7.62. The third-order valence-corrected chi connectivity index (χ3v) is 1.76. The molecule has 15 heavy (non-hydrogen) atoms. The van der Waals surface area contributed by atoms with E-state index in [0.717, 1.165) is 5.56 Å². The largest absolute Gasteiger partial charge is 0.593 e. The Hall–Kier alpha value is -1.79. The molecule has 0 aliphatic rings. The van der Waals surface area contributed by atoms with Crippen LogP contribution >= 0.6 is 0 Å². The summed E-state index contributed by atoms with van der Waals surface area (Å²) in [5.41, 5.74) is 1.34. The van der Waals surface area contributed by atoms with Gasteiger partial charge in [0.2, 0.25) is 0 Å². The molecule has 1 aromatic carbocycles. The van der Waals surface area contributed by atoms with E-state index in [0.29, 0.717) is 10.4 Å². The van der Waals surface area contributed by atoms with Crippen molar-refractivity contribution in [1.82, 2.24) is 15.2 Å². The fourth-order valence-corrected chi connectivity index (χ4v) is 1.17. The topological polar surface area (TPSA) is 39.9 Å². The standard InChI is InChI=1S/C8H6F3N3O/c1-5-2-3-6-7(4-5)14(13-12-6)15-8(9,10)11/h2-4H,1H3. The van der Waals surface area contributed by atoms with Gasteiger partial charge in [-0.2, -0.15) is 0 Å². The van der Waals surface area contributed by atoms with E-state index in [-0.39, 0.29) is 5.52 Å². The van der Waals surface area contributed by atoms with Crippen LogP contribution in [0.4, 0.5) is 13.2 Å². The minimum atomic E-state index is -4.77. The van der Waals surface area contributed by atoms with Gasteiger partial charge in [-0.3, -0.25) is 4.84 Å². The van der Waals surface area contributed by atoms with Crippen molar-refractivity contribution in [2.75, 3.05) is 0 Å². The predicted molar refractivity (Wildman–Crippen MR) is 44.9 cm³/mol. The average Bonchev–Trinajstić information content (AvgIpc) is 2.46. The molecular weight excluding hydrogens is 211 g/mol. The first-order valence-corrected chi connectivity index (χ1v) is 4.04. The number of hydrogen-bond acceptors (Lipinski definition) is 3. The van der Waals surface area contributed by atoms with E-state index in [1.54, 1.807) is 19.1 Å². The Morgan fingerprint density at radius 2 is 2.07 bits per heavy atom. The number of halogens is 3. The first kappa shape index (κ1) is 9.75. The molecule has 0 unspecified atom stereocenters. The third kappa shape index (κ3) is 2.00. The first-order valence-electron chi connectivity index (χ1n) is 4.04. The Kier molecular flexibility index (Phi) is 2.02. The van der Waals surface area contributed by atoms with Gasteiger partial charge in [-0.05, 0) is 29.8 Å². The van der Waals surface area contributed by atoms with Gasteiger partial charge in [0.25, 0.3) is 0 Å². The maximum Gasteiger partial charge on any atom is 0.593 e. The summed E-state index contributed by atoms with van der Waals surface area (Å²) in [6, 6.07) is 4.82. The monoisotopic (exact) mass is 217 g/mol. The predicted octanol–water partition coefficient (Wildman–Crippen LogP) is 1.69. The summed E-state index contributed by atoms with van der Waals surface area (Å²) >= 11 is 0. The molecule has 0 aliphatic heterocycles. The van der Waals surface area contributed by atoms with Crippen molar-refractivity contribution in [1.29, 1.82) is 0 Å². The van der Waals surface area contributed by atoms with Gasteiger partial charge in [-0.1, -0.05) is 10.9 Å². The minimum Gasteiger partial charge on any atom is -0.293 e. The van der Waals surface area contributed by atoms with Gasteiger partial charge in [0.1, 0.15) is 11.0 Å². The van der Waals surface area contributed by atoms with Crippen molar-refractivity contribution in [3.63, 3.8) is 0 Å². The number of nitrogens with zero attached hydrogens (tertiary/aromatic N) is 3. The van der Waals surface area contributed by atoms with Crippen molar-refractivity contribution >= 4 is 11.0 Å². The molecule has 1 aromatic heterocycles. The van der Waals surface area contributed by atoms with E-state index in [2.05, 4.69) is 15.1 Å². The molecule has 0 fully saturated rings. The summed E-state index contributed by atoms with van der Waals surface area (Å²) in [5, 5.41) is 6.78. The quantitative estimate of drug-likeness (QED) is 0.729. The van der Waals surface area contributed by atoms with E-state index in [1.165, 1.54) is 6.07 Å². The van der Waals surface area contributed by atoms with Gasteiger partial charge < -0.3 is 0 Å². The number of hydrogen-bond donors (Lipinski definition) is 0. The second-order valence-electron chi connectivity index (χ2n) is 2.99. The molecule has 0 atom stereocenters. The molecule has 0 aliphatic carbocycles. The Labute approximate surface area is 82.2 Å². The van der Waals surface area contributed by atoms with Crippen LogP contribution in [0.3, 0.4) is 0 Å². The SMILES string of the molecule is Cc1ccc2nnn(OC(F)(F)F)c2c1. The lowest BCUT2D eigenvalue weighted by Crippen LogP contribution is -2.27. The number of aryl methyl sites for hydroxylation is 1. The van der Waals surface area contributed by atoms with Gasteiger partial charge in [0.05, 0.1) is 0 Å². The van der Waals surface area contributed by atoms with Crippen LogP contribution in [-0.4, -0.2) is 21.5 Å². The van der Waals surface area contributed by atoms with Crippen LogP contribution in [0.1, 0.15) is 5.56 Å². The number of aromatic nitrogens is 3. The Balaban J connectivity index is 2.48. The Bertz CT molecular complexity index is 491. The summed E-state index contributed by atoms with van der Waals surface area (Å²) in [6.45, 7) is 1.75. The maximum atomic E-state index is 11.9. The fourth-order valence-electron chi connectivity index (χ4n) is 1.17. The molecule has 2 rings (SSSR count). The highest BCUT2D eigenvalue weighted by molar-refractivity contribution is 5.74. The van der Waals surface area contributed by atoms with Crippen LogP contribution in [0.5, 0.6) is 0 Å². The van der Waals surface area contributed by atoms with Crippen molar-refractivity contribution in [3.8, 4) is 0 Å². The normalized spacial score (nSPS) is 12.0. The van der Waals surface area contributed by atoms with Crippen LogP contribution in [0.25, 0.3) is 11.0 Å². The van der Waals surface area contributed by atoms with Crippen LogP contribution < -0.4 is 4.84 Å². The molecule has 0 bridgehead atoms. The number of alkyl halides is 3. The zero-order chi connectivity index (χ0) is 11.1. The van der Waals surface area contributed by atoms with Gasteiger partial charge in [0.15, 0.2) is 0 Å². The summed E-state index contributed by atoms with van der Waals surface area (Å²) < 4.78 is 35.8. The van der Waals surface area contributed by atoms with Crippen molar-refractivity contribution in [2.24, 2.45) is 0 Å². The number of rotatable bonds is 1. The van der Waals surface area contributed by atoms with E-state index >= 15 is 0 Å². The maximum absolute atomic E-state index is 11.9. The molecule has 0 spiro atoms. The van der Waals surface area contributed by atoms with Crippen LogP contribution in [0, 0.1) is 6.92 Å². The van der Waals surface area contributed by atoms with E-state index in [9.17, 15) is 13.2 Å². The van der Waals surface area contributed by atoms with Crippen LogP contribution in [-0.2, 0) is 0 Å². The lowest BCUT2D eigenvalue weighted by Gasteiger charge is -2.06. The number of benzene rings is 1. The summed E-state index contributed by atoms with van der Waals surface area (Å²) in [4.78, 5) is 4.02. The summed E-state index contributed by atoms with van der Waals surface area (Å²) in [7, 11) is 0. The fraction of sp³-hybridized carbons (Fsp3) is 0.250. The third-order valence-electron chi connectivity index (χ3n) is 1.76. The smallest absolute Gasteiger partial charge is 0.293 e. The van der Waals surface area contributed by atoms with Gasteiger partial charge >= 0.3 is 6.36 Å². The average molecular weight is 217 g/mol. The van der Waals surface area contributed by atoms with E-state index < -0.39 is 6.36 Å². The molecular formula is C8H6F3N3O. The lowest BCUT2D eigenvalue weighted by atomic mass is 10.2. The minimum absolute atomic E-state index is 0.187. The molecule has 7 heteroatoms. The number of fused-ring (bicyclic) bond motifs is 1. The van der Waals surface area contributed by atoms with Gasteiger partial charge in [-0.15, -0.1) is 18.3 Å².